The quantitative estimate of drug-likeness (QED) is 0.710. The molecule has 0 N–H and O–H groups in total. The number of benzene rings is 2. The van der Waals surface area contributed by atoms with Crippen molar-refractivity contribution in [3.05, 3.63) is 53.7 Å². The molecule has 3 nitrogen and oxygen atoms in total. The molecule has 112 valence electrons. The van der Waals surface area contributed by atoms with Crippen molar-refractivity contribution in [1.82, 2.24) is 4.98 Å². The van der Waals surface area contributed by atoms with Crippen LogP contribution >= 0.6 is 0 Å². The number of hydrogen-bond donors (Lipinski definition) is 0. The predicted molar refractivity (Wildman–Crippen MR) is 89.8 cm³/mol. The highest BCUT2D eigenvalue weighted by Gasteiger charge is 2.10. The van der Waals surface area contributed by atoms with Crippen molar-refractivity contribution in [3.8, 4) is 22.8 Å². The SMILES string of the molecule is COc1ccc(-c2nccc3cc(C)c(C)cc23)cc1OC. The Labute approximate surface area is 130 Å². The molecule has 0 aliphatic rings. The lowest BCUT2D eigenvalue weighted by atomic mass is 9.99. The second kappa shape index (κ2) is 5.68. The lowest BCUT2D eigenvalue weighted by Gasteiger charge is -2.12. The number of aromatic nitrogens is 1. The molecule has 1 aromatic heterocycles. The molecule has 0 saturated carbocycles. The topological polar surface area (TPSA) is 31.4 Å². The van der Waals surface area contributed by atoms with Crippen molar-refractivity contribution >= 4 is 10.8 Å². The Bertz CT molecular complexity index is 840. The van der Waals surface area contributed by atoms with Crippen molar-refractivity contribution in [2.24, 2.45) is 0 Å². The van der Waals surface area contributed by atoms with Crippen LogP contribution in [0.25, 0.3) is 22.0 Å². The molecule has 0 fully saturated rings. The summed E-state index contributed by atoms with van der Waals surface area (Å²) < 4.78 is 10.7. The van der Waals surface area contributed by atoms with Crippen LogP contribution in [-0.2, 0) is 0 Å². The van der Waals surface area contributed by atoms with Crippen LogP contribution in [0.5, 0.6) is 11.5 Å². The molecule has 2 aromatic carbocycles. The van der Waals surface area contributed by atoms with Crippen LogP contribution in [0.4, 0.5) is 0 Å². The monoisotopic (exact) mass is 293 g/mol. The number of methoxy groups -OCH3 is 2. The fourth-order valence-corrected chi connectivity index (χ4v) is 2.66. The summed E-state index contributed by atoms with van der Waals surface area (Å²) in [7, 11) is 3.28. The molecule has 0 atom stereocenters. The zero-order valence-corrected chi connectivity index (χ0v) is 13.3. The van der Waals surface area contributed by atoms with Gasteiger partial charge >= 0.3 is 0 Å². The number of pyridine rings is 1. The molecule has 0 amide bonds. The van der Waals surface area contributed by atoms with Gasteiger partial charge in [-0.1, -0.05) is 6.07 Å². The summed E-state index contributed by atoms with van der Waals surface area (Å²) in [6, 6.07) is 12.3. The minimum atomic E-state index is 0.711. The lowest BCUT2D eigenvalue weighted by Crippen LogP contribution is -1.93. The smallest absolute Gasteiger partial charge is 0.161 e. The molecule has 22 heavy (non-hydrogen) atoms. The maximum Gasteiger partial charge on any atom is 0.161 e. The van der Waals surface area contributed by atoms with Gasteiger partial charge in [0, 0.05) is 17.1 Å². The maximum atomic E-state index is 5.40. The van der Waals surface area contributed by atoms with E-state index in [1.165, 1.54) is 16.5 Å². The number of aryl methyl sites for hydroxylation is 2. The average molecular weight is 293 g/mol. The molecule has 3 heteroatoms. The van der Waals surface area contributed by atoms with E-state index in [2.05, 4.69) is 31.0 Å². The first kappa shape index (κ1) is 14.4. The normalized spacial score (nSPS) is 10.7. The Morgan fingerprint density at radius 1 is 0.818 bits per heavy atom. The molecule has 1 heterocycles. The van der Waals surface area contributed by atoms with Crippen molar-refractivity contribution in [3.63, 3.8) is 0 Å². The first-order valence-corrected chi connectivity index (χ1v) is 7.22. The summed E-state index contributed by atoms with van der Waals surface area (Å²) in [4.78, 5) is 4.58. The molecule has 0 radical (unpaired) electrons. The Kier molecular flexibility index (Phi) is 3.72. The summed E-state index contributed by atoms with van der Waals surface area (Å²) in [6.07, 6.45) is 1.85. The van der Waals surface area contributed by atoms with E-state index in [4.69, 9.17) is 9.47 Å². The van der Waals surface area contributed by atoms with E-state index in [0.29, 0.717) is 5.75 Å². The Balaban J connectivity index is 2.24. The minimum absolute atomic E-state index is 0.711. The van der Waals surface area contributed by atoms with Crippen LogP contribution in [0.3, 0.4) is 0 Å². The van der Waals surface area contributed by atoms with Crippen molar-refractivity contribution in [1.29, 1.82) is 0 Å². The van der Waals surface area contributed by atoms with E-state index in [1.54, 1.807) is 14.2 Å². The summed E-state index contributed by atoms with van der Waals surface area (Å²) >= 11 is 0. The molecular weight excluding hydrogens is 274 g/mol. The van der Waals surface area contributed by atoms with Gasteiger partial charge < -0.3 is 9.47 Å². The molecular formula is C19H19NO2. The van der Waals surface area contributed by atoms with Crippen LogP contribution in [-0.4, -0.2) is 19.2 Å². The van der Waals surface area contributed by atoms with Gasteiger partial charge in [0.1, 0.15) is 0 Å². The standard InChI is InChI=1S/C19H19NO2/c1-12-9-14-7-8-20-19(16(14)10-13(12)2)15-5-6-17(21-3)18(11-15)22-4/h5-11H,1-4H3. The molecule has 3 aromatic rings. The summed E-state index contributed by atoms with van der Waals surface area (Å²) in [5.74, 6) is 1.43. The van der Waals surface area contributed by atoms with Gasteiger partial charge in [-0.25, -0.2) is 0 Å². The van der Waals surface area contributed by atoms with E-state index in [0.717, 1.165) is 22.4 Å². The van der Waals surface area contributed by atoms with E-state index in [1.807, 2.05) is 30.5 Å². The van der Waals surface area contributed by atoms with Gasteiger partial charge in [0.15, 0.2) is 11.5 Å². The van der Waals surface area contributed by atoms with Crippen LogP contribution in [0.2, 0.25) is 0 Å². The van der Waals surface area contributed by atoms with Gasteiger partial charge in [0.2, 0.25) is 0 Å². The highest BCUT2D eigenvalue weighted by atomic mass is 16.5. The van der Waals surface area contributed by atoms with Gasteiger partial charge in [-0.3, -0.25) is 4.98 Å². The van der Waals surface area contributed by atoms with E-state index in [9.17, 15) is 0 Å². The molecule has 0 spiro atoms. The largest absolute Gasteiger partial charge is 0.493 e. The second-order valence-corrected chi connectivity index (χ2v) is 5.39. The van der Waals surface area contributed by atoms with E-state index in [-0.39, 0.29) is 0 Å². The van der Waals surface area contributed by atoms with Gasteiger partial charge in [-0.2, -0.15) is 0 Å². The third-order valence-corrected chi connectivity index (χ3v) is 4.04. The van der Waals surface area contributed by atoms with Gasteiger partial charge in [-0.05, 0) is 60.7 Å². The molecule has 0 aliphatic carbocycles. The summed E-state index contributed by atoms with van der Waals surface area (Å²) in [6.45, 7) is 4.26. The first-order chi connectivity index (χ1) is 10.6. The van der Waals surface area contributed by atoms with E-state index < -0.39 is 0 Å². The average Bonchev–Trinajstić information content (AvgIpc) is 2.54. The van der Waals surface area contributed by atoms with E-state index >= 15 is 0 Å². The molecule has 0 bridgehead atoms. The van der Waals surface area contributed by atoms with Gasteiger partial charge in [0.05, 0.1) is 19.9 Å². The number of rotatable bonds is 3. The molecule has 0 unspecified atom stereocenters. The number of ether oxygens (including phenoxy) is 2. The minimum Gasteiger partial charge on any atom is -0.493 e. The highest BCUT2D eigenvalue weighted by Crippen LogP contribution is 2.34. The lowest BCUT2D eigenvalue weighted by molar-refractivity contribution is 0.355. The molecule has 0 saturated heterocycles. The number of hydrogen-bond acceptors (Lipinski definition) is 3. The van der Waals surface area contributed by atoms with Gasteiger partial charge in [-0.15, -0.1) is 0 Å². The number of fused-ring (bicyclic) bond motifs is 1. The second-order valence-electron chi connectivity index (χ2n) is 5.39. The molecule has 3 rings (SSSR count). The zero-order valence-electron chi connectivity index (χ0n) is 13.3. The summed E-state index contributed by atoms with van der Waals surface area (Å²) in [5.41, 5.74) is 4.53. The molecule has 0 aliphatic heterocycles. The third kappa shape index (κ3) is 2.39. The highest BCUT2D eigenvalue weighted by molar-refractivity contribution is 5.95. The summed E-state index contributed by atoms with van der Waals surface area (Å²) in [5, 5.41) is 2.35. The van der Waals surface area contributed by atoms with Crippen molar-refractivity contribution in [2.45, 2.75) is 13.8 Å². The fraction of sp³-hybridized carbons (Fsp3) is 0.211. The maximum absolute atomic E-state index is 5.40. The van der Waals surface area contributed by atoms with Crippen LogP contribution in [0.15, 0.2) is 42.6 Å². The predicted octanol–water partition coefficient (Wildman–Crippen LogP) is 4.54. The van der Waals surface area contributed by atoms with Crippen LogP contribution in [0.1, 0.15) is 11.1 Å². The fourth-order valence-electron chi connectivity index (χ4n) is 2.66. The third-order valence-electron chi connectivity index (χ3n) is 4.04. The van der Waals surface area contributed by atoms with Crippen LogP contribution < -0.4 is 9.47 Å². The Hall–Kier alpha value is -2.55. The van der Waals surface area contributed by atoms with Crippen molar-refractivity contribution < 1.29 is 9.47 Å². The first-order valence-electron chi connectivity index (χ1n) is 7.22. The number of nitrogens with zero attached hydrogens (tertiary/aromatic N) is 1. The van der Waals surface area contributed by atoms with Crippen LogP contribution in [0, 0.1) is 13.8 Å². The van der Waals surface area contributed by atoms with Crippen molar-refractivity contribution in [2.75, 3.05) is 14.2 Å². The Morgan fingerprint density at radius 2 is 1.55 bits per heavy atom. The Morgan fingerprint density at radius 3 is 2.27 bits per heavy atom. The zero-order chi connectivity index (χ0) is 15.7. The van der Waals surface area contributed by atoms with Gasteiger partial charge in [0.25, 0.3) is 0 Å².